The first kappa shape index (κ1) is 13.8. The molecule has 1 saturated carbocycles. The molecule has 2 heterocycles. The van der Waals surface area contributed by atoms with Gasteiger partial charge in [0.15, 0.2) is 0 Å². The molecule has 110 valence electrons. The standard InChI is InChI=1S/C13H23NO4S/c1-17-9-11-8-14(19(15,16)12-2-3-12)10-13(11)4-6-18-7-5-13/h11-12H,2-10H2,1H3. The zero-order chi connectivity index (χ0) is 13.5. The third-order valence-electron chi connectivity index (χ3n) is 4.94. The topological polar surface area (TPSA) is 55.8 Å². The van der Waals surface area contributed by atoms with Crippen LogP contribution in [0.3, 0.4) is 0 Å². The van der Waals surface area contributed by atoms with Crippen LogP contribution in [0.25, 0.3) is 0 Å². The number of hydrogen-bond acceptors (Lipinski definition) is 4. The van der Waals surface area contributed by atoms with Crippen LogP contribution in [-0.4, -0.2) is 58.0 Å². The first-order valence-corrected chi connectivity index (χ1v) is 8.64. The zero-order valence-corrected chi connectivity index (χ0v) is 12.3. The van der Waals surface area contributed by atoms with Gasteiger partial charge in [0.2, 0.25) is 10.0 Å². The van der Waals surface area contributed by atoms with Crippen molar-refractivity contribution in [1.82, 2.24) is 4.31 Å². The van der Waals surface area contributed by atoms with Gasteiger partial charge in [-0.1, -0.05) is 0 Å². The molecule has 3 aliphatic rings. The Morgan fingerprint density at radius 3 is 2.58 bits per heavy atom. The molecular weight excluding hydrogens is 266 g/mol. The molecule has 19 heavy (non-hydrogen) atoms. The third-order valence-corrected chi connectivity index (χ3v) is 7.26. The molecule has 0 bridgehead atoms. The molecule has 2 aliphatic heterocycles. The minimum atomic E-state index is -3.06. The van der Waals surface area contributed by atoms with Crippen molar-refractivity contribution in [3.8, 4) is 0 Å². The number of hydrogen-bond donors (Lipinski definition) is 0. The lowest BCUT2D eigenvalue weighted by Gasteiger charge is -2.37. The Hall–Kier alpha value is -0.170. The van der Waals surface area contributed by atoms with E-state index < -0.39 is 10.0 Å². The second kappa shape index (κ2) is 4.98. The lowest BCUT2D eigenvalue weighted by molar-refractivity contribution is -0.0162. The van der Waals surface area contributed by atoms with Gasteiger partial charge < -0.3 is 9.47 Å². The molecule has 0 radical (unpaired) electrons. The number of ether oxygens (including phenoxy) is 2. The number of methoxy groups -OCH3 is 1. The van der Waals surface area contributed by atoms with Crippen LogP contribution in [0.5, 0.6) is 0 Å². The van der Waals surface area contributed by atoms with E-state index in [9.17, 15) is 8.42 Å². The quantitative estimate of drug-likeness (QED) is 0.770. The summed E-state index contributed by atoms with van der Waals surface area (Å²) in [5.74, 6) is 0.315. The third kappa shape index (κ3) is 2.44. The lowest BCUT2D eigenvalue weighted by Crippen LogP contribution is -2.39. The number of nitrogens with zero attached hydrogens (tertiary/aromatic N) is 1. The fourth-order valence-corrected chi connectivity index (χ4v) is 5.51. The van der Waals surface area contributed by atoms with Crippen molar-refractivity contribution < 1.29 is 17.9 Å². The van der Waals surface area contributed by atoms with Gasteiger partial charge in [0.1, 0.15) is 0 Å². The van der Waals surface area contributed by atoms with E-state index in [4.69, 9.17) is 9.47 Å². The highest BCUT2D eigenvalue weighted by Crippen LogP contribution is 2.46. The first-order valence-electron chi connectivity index (χ1n) is 7.14. The van der Waals surface area contributed by atoms with Gasteiger partial charge in [0, 0.05) is 39.3 Å². The highest BCUT2D eigenvalue weighted by atomic mass is 32.2. The van der Waals surface area contributed by atoms with Gasteiger partial charge in [-0.2, -0.15) is 0 Å². The second-order valence-electron chi connectivity index (χ2n) is 6.16. The van der Waals surface area contributed by atoms with E-state index in [1.807, 2.05) is 0 Å². The summed E-state index contributed by atoms with van der Waals surface area (Å²) in [5, 5.41) is -0.106. The van der Waals surface area contributed by atoms with Crippen molar-refractivity contribution in [2.24, 2.45) is 11.3 Å². The lowest BCUT2D eigenvalue weighted by atomic mass is 9.72. The number of rotatable bonds is 4. The molecule has 0 aromatic heterocycles. The zero-order valence-electron chi connectivity index (χ0n) is 11.5. The predicted octanol–water partition coefficient (Wildman–Crippen LogP) is 0.854. The molecule has 5 nitrogen and oxygen atoms in total. The molecule has 1 spiro atoms. The molecule has 1 atom stereocenters. The smallest absolute Gasteiger partial charge is 0.217 e. The summed E-state index contributed by atoms with van der Waals surface area (Å²) < 4.78 is 37.4. The Kier molecular flexibility index (Phi) is 3.62. The largest absolute Gasteiger partial charge is 0.384 e. The van der Waals surface area contributed by atoms with Crippen LogP contribution in [0.1, 0.15) is 25.7 Å². The van der Waals surface area contributed by atoms with Gasteiger partial charge >= 0.3 is 0 Å². The Morgan fingerprint density at radius 1 is 1.32 bits per heavy atom. The normalized spacial score (nSPS) is 31.9. The second-order valence-corrected chi connectivity index (χ2v) is 8.38. The van der Waals surface area contributed by atoms with Crippen LogP contribution < -0.4 is 0 Å². The van der Waals surface area contributed by atoms with E-state index >= 15 is 0 Å². The molecule has 1 aliphatic carbocycles. The SMILES string of the molecule is COCC1CN(S(=O)(=O)C2CC2)CC12CCOCC2. The molecule has 0 N–H and O–H groups in total. The predicted molar refractivity (Wildman–Crippen MR) is 71.4 cm³/mol. The average molecular weight is 289 g/mol. The summed E-state index contributed by atoms with van der Waals surface area (Å²) in [7, 11) is -1.36. The monoisotopic (exact) mass is 289 g/mol. The fraction of sp³-hybridized carbons (Fsp3) is 1.00. The van der Waals surface area contributed by atoms with Crippen molar-refractivity contribution in [1.29, 1.82) is 0 Å². The summed E-state index contributed by atoms with van der Waals surface area (Å²) in [5.41, 5.74) is 0.0796. The van der Waals surface area contributed by atoms with Crippen LogP contribution in [0.15, 0.2) is 0 Å². The molecule has 6 heteroatoms. The van der Waals surface area contributed by atoms with Crippen LogP contribution in [0.2, 0.25) is 0 Å². The van der Waals surface area contributed by atoms with Gasteiger partial charge in [-0.15, -0.1) is 0 Å². The molecule has 3 fully saturated rings. The van der Waals surface area contributed by atoms with Gasteiger partial charge in [-0.05, 0) is 31.1 Å². The summed E-state index contributed by atoms with van der Waals surface area (Å²) in [6.07, 6.45) is 3.59. The minimum absolute atomic E-state index is 0.0796. The maximum absolute atomic E-state index is 12.4. The molecular formula is C13H23NO4S. The highest BCUT2D eigenvalue weighted by molar-refractivity contribution is 7.90. The van der Waals surface area contributed by atoms with Crippen LogP contribution in [0.4, 0.5) is 0 Å². The summed E-state index contributed by atoms with van der Waals surface area (Å²) in [4.78, 5) is 0. The Balaban J connectivity index is 1.80. The van der Waals surface area contributed by atoms with E-state index in [1.54, 1.807) is 11.4 Å². The molecule has 1 unspecified atom stereocenters. The highest BCUT2D eigenvalue weighted by Gasteiger charge is 2.52. The van der Waals surface area contributed by atoms with E-state index in [2.05, 4.69) is 0 Å². The molecule has 0 aromatic rings. The van der Waals surface area contributed by atoms with Crippen molar-refractivity contribution in [2.45, 2.75) is 30.9 Å². The average Bonchev–Trinajstić information content (AvgIpc) is 3.19. The molecule has 0 amide bonds. The van der Waals surface area contributed by atoms with Gasteiger partial charge in [-0.3, -0.25) is 0 Å². The molecule has 0 aromatic carbocycles. The van der Waals surface area contributed by atoms with Gasteiger partial charge in [0.25, 0.3) is 0 Å². The summed E-state index contributed by atoms with van der Waals surface area (Å²) in [6, 6.07) is 0. The summed E-state index contributed by atoms with van der Waals surface area (Å²) in [6.45, 7) is 3.45. The van der Waals surface area contributed by atoms with E-state index in [-0.39, 0.29) is 10.7 Å². The van der Waals surface area contributed by atoms with Crippen LogP contribution >= 0.6 is 0 Å². The van der Waals surface area contributed by atoms with Crippen LogP contribution in [-0.2, 0) is 19.5 Å². The summed E-state index contributed by atoms with van der Waals surface area (Å²) >= 11 is 0. The fourth-order valence-electron chi connectivity index (χ4n) is 3.53. The van der Waals surface area contributed by atoms with Crippen molar-refractivity contribution in [3.05, 3.63) is 0 Å². The van der Waals surface area contributed by atoms with Crippen molar-refractivity contribution in [2.75, 3.05) is 40.0 Å². The van der Waals surface area contributed by atoms with Gasteiger partial charge in [-0.25, -0.2) is 12.7 Å². The number of sulfonamides is 1. The maximum Gasteiger partial charge on any atom is 0.217 e. The van der Waals surface area contributed by atoms with E-state index in [0.29, 0.717) is 25.6 Å². The first-order chi connectivity index (χ1) is 9.08. The minimum Gasteiger partial charge on any atom is -0.384 e. The van der Waals surface area contributed by atoms with Gasteiger partial charge in [0.05, 0.1) is 11.9 Å². The van der Waals surface area contributed by atoms with E-state index in [1.165, 1.54) is 0 Å². The maximum atomic E-state index is 12.4. The van der Waals surface area contributed by atoms with Crippen molar-refractivity contribution >= 4 is 10.0 Å². The van der Waals surface area contributed by atoms with Crippen LogP contribution in [0, 0.1) is 11.3 Å². The Bertz CT molecular complexity index is 426. The van der Waals surface area contributed by atoms with E-state index in [0.717, 1.165) is 38.9 Å². The van der Waals surface area contributed by atoms with Crippen molar-refractivity contribution in [3.63, 3.8) is 0 Å². The molecule has 2 saturated heterocycles. The Labute approximate surface area is 115 Å². The Morgan fingerprint density at radius 2 is 2.00 bits per heavy atom. The molecule has 3 rings (SSSR count).